The molecule has 2 aromatic carbocycles. The van der Waals surface area contributed by atoms with Gasteiger partial charge >= 0.3 is 0 Å². The van der Waals surface area contributed by atoms with Crippen LogP contribution in [-0.4, -0.2) is 38.6 Å². The second-order valence-corrected chi connectivity index (χ2v) is 6.75. The van der Waals surface area contributed by atoms with Crippen LogP contribution in [0.15, 0.2) is 36.4 Å². The Labute approximate surface area is 159 Å². The lowest BCUT2D eigenvalue weighted by Gasteiger charge is -2.18. The molecular weight excluding hydrogens is 344 g/mol. The molecule has 3 rings (SSSR count). The van der Waals surface area contributed by atoms with E-state index in [0.717, 1.165) is 11.3 Å². The second-order valence-electron chi connectivity index (χ2n) is 6.75. The van der Waals surface area contributed by atoms with Crippen LogP contribution in [0, 0.1) is 13.8 Å². The van der Waals surface area contributed by atoms with Gasteiger partial charge in [-0.3, -0.25) is 9.59 Å². The van der Waals surface area contributed by atoms with E-state index in [1.807, 2.05) is 32.0 Å². The minimum atomic E-state index is -0.257. The summed E-state index contributed by atoms with van der Waals surface area (Å²) in [5, 5.41) is 2.94. The smallest absolute Gasteiger partial charge is 0.251 e. The Hall–Kier alpha value is -3.02. The minimum Gasteiger partial charge on any atom is -0.497 e. The number of carbonyl (C=O) groups excluding carboxylic acids is 2. The first kappa shape index (κ1) is 18.8. The van der Waals surface area contributed by atoms with Crippen molar-refractivity contribution in [3.63, 3.8) is 0 Å². The second kappa shape index (κ2) is 7.70. The number of ether oxygens (including phenoxy) is 2. The molecule has 6 nitrogen and oxygen atoms in total. The highest BCUT2D eigenvalue weighted by atomic mass is 16.5. The predicted octanol–water partition coefficient (Wildman–Crippen LogP) is 2.86. The van der Waals surface area contributed by atoms with E-state index in [-0.39, 0.29) is 24.3 Å². The van der Waals surface area contributed by atoms with Crippen molar-refractivity contribution in [2.75, 3.05) is 25.7 Å². The largest absolute Gasteiger partial charge is 0.497 e. The quantitative estimate of drug-likeness (QED) is 0.881. The molecule has 142 valence electrons. The number of carbonyl (C=O) groups is 2. The lowest BCUT2D eigenvalue weighted by atomic mass is 10.1. The summed E-state index contributed by atoms with van der Waals surface area (Å²) in [4.78, 5) is 26.8. The Morgan fingerprint density at radius 1 is 1.04 bits per heavy atom. The summed E-state index contributed by atoms with van der Waals surface area (Å²) in [6.07, 6.45) is 0.278. The van der Waals surface area contributed by atoms with Gasteiger partial charge in [0.1, 0.15) is 11.5 Å². The van der Waals surface area contributed by atoms with Crippen molar-refractivity contribution in [1.82, 2.24) is 5.32 Å². The summed E-state index contributed by atoms with van der Waals surface area (Å²) in [5.74, 6) is 0.830. The number of rotatable bonds is 5. The van der Waals surface area contributed by atoms with Crippen LogP contribution in [0.1, 0.15) is 27.9 Å². The Morgan fingerprint density at radius 2 is 1.70 bits per heavy atom. The maximum Gasteiger partial charge on any atom is 0.251 e. The third kappa shape index (κ3) is 4.05. The van der Waals surface area contributed by atoms with E-state index < -0.39 is 0 Å². The van der Waals surface area contributed by atoms with Crippen LogP contribution >= 0.6 is 0 Å². The summed E-state index contributed by atoms with van der Waals surface area (Å²) in [6, 6.07) is 10.7. The molecule has 2 amide bonds. The lowest BCUT2D eigenvalue weighted by molar-refractivity contribution is -0.117. The Bertz CT molecular complexity index is 856. The normalized spacial score (nSPS) is 16.4. The SMILES string of the molecule is COc1cc(OC)cc(C(=O)N[C@@H]2CC(=O)N(c3ccc(C)c(C)c3)C2)c1. The zero-order valence-corrected chi connectivity index (χ0v) is 16.0. The van der Waals surface area contributed by atoms with Crippen LogP contribution in [0.4, 0.5) is 5.69 Å². The zero-order chi connectivity index (χ0) is 19.6. The summed E-state index contributed by atoms with van der Waals surface area (Å²) >= 11 is 0. The van der Waals surface area contributed by atoms with Crippen molar-refractivity contribution in [1.29, 1.82) is 0 Å². The molecule has 1 atom stereocenters. The summed E-state index contributed by atoms with van der Waals surface area (Å²) in [7, 11) is 3.07. The summed E-state index contributed by atoms with van der Waals surface area (Å²) < 4.78 is 10.4. The van der Waals surface area contributed by atoms with Gasteiger partial charge in [0.2, 0.25) is 5.91 Å². The van der Waals surface area contributed by atoms with Crippen molar-refractivity contribution in [3.05, 3.63) is 53.1 Å². The van der Waals surface area contributed by atoms with E-state index in [2.05, 4.69) is 5.32 Å². The fraction of sp³-hybridized carbons (Fsp3) is 0.333. The standard InChI is InChI=1S/C21H24N2O4/c1-13-5-6-17(7-14(13)2)23-12-16(10-20(23)24)22-21(25)15-8-18(26-3)11-19(9-15)27-4/h5-9,11,16H,10,12H2,1-4H3,(H,22,25)/t16-/m1/s1. The third-order valence-corrected chi connectivity index (χ3v) is 4.88. The Balaban J connectivity index is 1.72. The molecule has 0 aliphatic carbocycles. The third-order valence-electron chi connectivity index (χ3n) is 4.88. The molecule has 1 fully saturated rings. The van der Waals surface area contributed by atoms with E-state index >= 15 is 0 Å². The topological polar surface area (TPSA) is 67.9 Å². The van der Waals surface area contributed by atoms with E-state index in [1.165, 1.54) is 19.8 Å². The van der Waals surface area contributed by atoms with Crippen LogP contribution in [-0.2, 0) is 4.79 Å². The van der Waals surface area contributed by atoms with Crippen molar-refractivity contribution in [2.45, 2.75) is 26.3 Å². The van der Waals surface area contributed by atoms with Crippen molar-refractivity contribution in [3.8, 4) is 11.5 Å². The molecule has 0 spiro atoms. The number of hydrogen-bond donors (Lipinski definition) is 1. The summed E-state index contributed by atoms with van der Waals surface area (Å²) in [5.41, 5.74) is 3.62. The molecule has 27 heavy (non-hydrogen) atoms. The first-order chi connectivity index (χ1) is 12.9. The van der Waals surface area contributed by atoms with Gasteiger partial charge in [-0.2, -0.15) is 0 Å². The number of nitrogens with one attached hydrogen (secondary N) is 1. The van der Waals surface area contributed by atoms with Crippen LogP contribution in [0.5, 0.6) is 11.5 Å². The van der Waals surface area contributed by atoms with Crippen molar-refractivity contribution < 1.29 is 19.1 Å². The lowest BCUT2D eigenvalue weighted by Crippen LogP contribution is -2.37. The molecule has 1 aliphatic rings. The highest BCUT2D eigenvalue weighted by Crippen LogP contribution is 2.25. The average molecular weight is 368 g/mol. The molecule has 0 bridgehead atoms. The molecule has 1 saturated heterocycles. The van der Waals surface area contributed by atoms with Gasteiger partial charge in [0.25, 0.3) is 5.91 Å². The van der Waals surface area contributed by atoms with E-state index in [1.54, 1.807) is 23.1 Å². The number of methoxy groups -OCH3 is 2. The molecule has 0 unspecified atom stereocenters. The van der Waals surface area contributed by atoms with Gasteiger partial charge in [-0.05, 0) is 49.2 Å². The Morgan fingerprint density at radius 3 is 2.30 bits per heavy atom. The predicted molar refractivity (Wildman–Crippen MR) is 104 cm³/mol. The molecule has 2 aromatic rings. The summed E-state index contributed by atoms with van der Waals surface area (Å²) in [6.45, 7) is 4.51. The molecule has 6 heteroatoms. The molecule has 1 heterocycles. The van der Waals surface area contributed by atoms with E-state index in [0.29, 0.717) is 23.6 Å². The fourth-order valence-electron chi connectivity index (χ4n) is 3.15. The van der Waals surface area contributed by atoms with Gasteiger partial charge < -0.3 is 19.7 Å². The average Bonchev–Trinajstić information content (AvgIpc) is 3.03. The molecule has 1 aliphatic heterocycles. The number of hydrogen-bond acceptors (Lipinski definition) is 4. The number of aryl methyl sites for hydroxylation is 2. The minimum absolute atomic E-state index is 0.00627. The highest BCUT2D eigenvalue weighted by molar-refractivity contribution is 5.99. The number of amides is 2. The maximum absolute atomic E-state index is 12.6. The number of anilines is 1. The number of benzene rings is 2. The van der Waals surface area contributed by atoms with E-state index in [4.69, 9.17) is 9.47 Å². The first-order valence-electron chi connectivity index (χ1n) is 8.83. The van der Waals surface area contributed by atoms with Gasteiger partial charge in [0.15, 0.2) is 0 Å². The van der Waals surface area contributed by atoms with Gasteiger partial charge in [-0.15, -0.1) is 0 Å². The maximum atomic E-state index is 12.6. The molecule has 0 saturated carbocycles. The molecular formula is C21H24N2O4. The monoisotopic (exact) mass is 368 g/mol. The van der Waals surface area contributed by atoms with Crippen LogP contribution in [0.25, 0.3) is 0 Å². The van der Waals surface area contributed by atoms with Crippen LogP contribution in [0.3, 0.4) is 0 Å². The highest BCUT2D eigenvalue weighted by Gasteiger charge is 2.32. The molecule has 0 aromatic heterocycles. The van der Waals surface area contributed by atoms with Crippen LogP contribution in [0.2, 0.25) is 0 Å². The molecule has 0 radical (unpaired) electrons. The van der Waals surface area contributed by atoms with Gasteiger partial charge in [0.05, 0.1) is 20.3 Å². The van der Waals surface area contributed by atoms with Crippen molar-refractivity contribution >= 4 is 17.5 Å². The van der Waals surface area contributed by atoms with Gasteiger partial charge in [-0.1, -0.05) is 6.07 Å². The van der Waals surface area contributed by atoms with Gasteiger partial charge in [-0.25, -0.2) is 0 Å². The van der Waals surface area contributed by atoms with Crippen molar-refractivity contribution in [2.24, 2.45) is 0 Å². The molecule has 1 N–H and O–H groups in total. The zero-order valence-electron chi connectivity index (χ0n) is 16.0. The first-order valence-corrected chi connectivity index (χ1v) is 8.83. The van der Waals surface area contributed by atoms with Gasteiger partial charge in [0, 0.05) is 30.3 Å². The van der Waals surface area contributed by atoms with E-state index in [9.17, 15) is 9.59 Å². The number of nitrogens with zero attached hydrogens (tertiary/aromatic N) is 1. The van der Waals surface area contributed by atoms with Crippen LogP contribution < -0.4 is 19.7 Å². The fourth-order valence-corrected chi connectivity index (χ4v) is 3.15. The Kier molecular flexibility index (Phi) is 5.35.